The Labute approximate surface area is 153 Å². The molecule has 3 amide bonds. The van der Waals surface area contributed by atoms with Gasteiger partial charge in [0, 0.05) is 0 Å². The van der Waals surface area contributed by atoms with Crippen molar-refractivity contribution in [3.05, 3.63) is 71.0 Å². The molecule has 8 heteroatoms. The van der Waals surface area contributed by atoms with E-state index < -0.39 is 36.1 Å². The summed E-state index contributed by atoms with van der Waals surface area (Å²) in [6.45, 7) is -0.769. The van der Waals surface area contributed by atoms with E-state index in [9.17, 15) is 23.6 Å². The van der Waals surface area contributed by atoms with Crippen LogP contribution in [-0.2, 0) is 9.53 Å². The van der Waals surface area contributed by atoms with E-state index in [4.69, 9.17) is 4.74 Å². The molecule has 2 aromatic rings. The van der Waals surface area contributed by atoms with Crippen LogP contribution >= 0.6 is 0 Å². The second kappa shape index (κ2) is 7.77. The third-order valence-corrected chi connectivity index (χ3v) is 3.97. The Kier molecular flexibility index (Phi) is 5.25. The van der Waals surface area contributed by atoms with Gasteiger partial charge in [-0.3, -0.25) is 24.1 Å². The minimum atomic E-state index is -0.767. The Morgan fingerprint density at radius 2 is 1.56 bits per heavy atom. The van der Waals surface area contributed by atoms with Crippen LogP contribution < -0.4 is 5.32 Å². The van der Waals surface area contributed by atoms with Gasteiger partial charge in [0.1, 0.15) is 19.0 Å². The lowest BCUT2D eigenvalue weighted by molar-refractivity contribution is -0.142. The molecule has 0 spiro atoms. The number of imide groups is 1. The molecule has 0 aromatic heterocycles. The third kappa shape index (κ3) is 3.84. The van der Waals surface area contributed by atoms with Gasteiger partial charge < -0.3 is 10.1 Å². The molecule has 27 heavy (non-hydrogen) atoms. The average molecular weight is 370 g/mol. The van der Waals surface area contributed by atoms with Crippen molar-refractivity contribution in [3.8, 4) is 0 Å². The number of hydrogen-bond acceptors (Lipinski definition) is 5. The number of hydrogen-bond donors (Lipinski definition) is 1. The first-order chi connectivity index (χ1) is 13.0. The number of rotatable bonds is 6. The number of halogens is 1. The van der Waals surface area contributed by atoms with E-state index in [0.29, 0.717) is 11.1 Å². The van der Waals surface area contributed by atoms with Crippen LogP contribution in [0, 0.1) is 5.82 Å². The second-order valence-electron chi connectivity index (χ2n) is 5.69. The highest BCUT2D eigenvalue weighted by Crippen LogP contribution is 2.21. The number of carbonyl (C=O) groups is 4. The summed E-state index contributed by atoms with van der Waals surface area (Å²) < 4.78 is 18.4. The lowest BCUT2D eigenvalue weighted by atomic mass is 10.1. The van der Waals surface area contributed by atoms with Gasteiger partial charge in [0.25, 0.3) is 17.7 Å². The monoisotopic (exact) mass is 370 g/mol. The molecule has 0 fully saturated rings. The zero-order valence-corrected chi connectivity index (χ0v) is 14.1. The summed E-state index contributed by atoms with van der Waals surface area (Å²) in [7, 11) is 0. The van der Waals surface area contributed by atoms with Gasteiger partial charge in [0.05, 0.1) is 23.2 Å². The summed E-state index contributed by atoms with van der Waals surface area (Å²) in [6.07, 6.45) is 0. The first-order valence-corrected chi connectivity index (χ1v) is 8.12. The predicted octanol–water partition coefficient (Wildman–Crippen LogP) is 1.39. The molecule has 7 nitrogen and oxygen atoms in total. The Morgan fingerprint density at radius 1 is 0.963 bits per heavy atom. The fourth-order valence-electron chi connectivity index (χ4n) is 2.64. The molecule has 2 aromatic carbocycles. The maximum absolute atomic E-state index is 13.5. The molecule has 1 N–H and O–H groups in total. The summed E-state index contributed by atoms with van der Waals surface area (Å²) in [6, 6.07) is 11.8. The molecule has 3 rings (SSSR count). The molecule has 0 saturated carbocycles. The van der Waals surface area contributed by atoms with E-state index >= 15 is 0 Å². The molecule has 138 valence electrons. The quantitative estimate of drug-likeness (QED) is 0.613. The number of fused-ring (bicyclic) bond motifs is 1. The molecule has 1 heterocycles. The van der Waals surface area contributed by atoms with Gasteiger partial charge in [0.15, 0.2) is 0 Å². The second-order valence-corrected chi connectivity index (χ2v) is 5.69. The zero-order chi connectivity index (χ0) is 19.4. The summed E-state index contributed by atoms with van der Waals surface area (Å²) in [5.41, 5.74) is 0.438. The van der Waals surface area contributed by atoms with Crippen molar-refractivity contribution >= 4 is 23.7 Å². The third-order valence-electron chi connectivity index (χ3n) is 3.97. The molecule has 0 saturated heterocycles. The molecule has 0 unspecified atom stereocenters. The van der Waals surface area contributed by atoms with Crippen molar-refractivity contribution in [2.24, 2.45) is 0 Å². The van der Waals surface area contributed by atoms with E-state index in [-0.39, 0.29) is 18.7 Å². The number of esters is 1. The number of nitrogens with zero attached hydrogens (tertiary/aromatic N) is 1. The number of amides is 3. The van der Waals surface area contributed by atoms with E-state index in [2.05, 4.69) is 5.32 Å². The smallest absolute Gasteiger partial charge is 0.325 e. The average Bonchev–Trinajstić information content (AvgIpc) is 2.91. The molecule has 0 bridgehead atoms. The minimum Gasteiger partial charge on any atom is -0.462 e. The van der Waals surface area contributed by atoms with Gasteiger partial charge in [-0.2, -0.15) is 0 Å². The summed E-state index contributed by atoms with van der Waals surface area (Å²) >= 11 is 0. The first kappa shape index (κ1) is 18.2. The number of ether oxygens (including phenoxy) is 1. The maximum atomic E-state index is 13.5. The van der Waals surface area contributed by atoms with Gasteiger partial charge >= 0.3 is 5.97 Å². The van der Waals surface area contributed by atoms with Crippen LogP contribution in [0.5, 0.6) is 0 Å². The molecule has 0 atom stereocenters. The van der Waals surface area contributed by atoms with Crippen LogP contribution in [-0.4, -0.2) is 48.3 Å². The molecule has 0 radical (unpaired) electrons. The molecule has 1 aliphatic rings. The molecular weight excluding hydrogens is 355 g/mol. The fraction of sp³-hybridized carbons (Fsp3) is 0.158. The predicted molar refractivity (Wildman–Crippen MR) is 91.5 cm³/mol. The topological polar surface area (TPSA) is 92.8 Å². The van der Waals surface area contributed by atoms with Crippen LogP contribution in [0.1, 0.15) is 31.1 Å². The highest BCUT2D eigenvalue weighted by molar-refractivity contribution is 6.21. The van der Waals surface area contributed by atoms with Gasteiger partial charge in [-0.05, 0) is 24.3 Å². The normalized spacial score (nSPS) is 12.7. The van der Waals surface area contributed by atoms with Crippen LogP contribution in [0.4, 0.5) is 4.39 Å². The lowest BCUT2D eigenvalue weighted by Crippen LogP contribution is -2.35. The van der Waals surface area contributed by atoms with Crippen molar-refractivity contribution in [1.82, 2.24) is 10.2 Å². The highest BCUT2D eigenvalue weighted by atomic mass is 19.1. The molecular formula is C19H15FN2O5. The van der Waals surface area contributed by atoms with Crippen LogP contribution in [0.2, 0.25) is 0 Å². The van der Waals surface area contributed by atoms with Crippen molar-refractivity contribution < 1.29 is 28.3 Å². The number of carbonyl (C=O) groups excluding carboxylic acids is 4. The van der Waals surface area contributed by atoms with Crippen LogP contribution in [0.15, 0.2) is 48.5 Å². The van der Waals surface area contributed by atoms with E-state index in [1.165, 1.54) is 18.2 Å². The Bertz CT molecular complexity index is 893. The Hall–Kier alpha value is -3.55. The van der Waals surface area contributed by atoms with E-state index in [1.807, 2.05) is 0 Å². The van der Waals surface area contributed by atoms with Crippen molar-refractivity contribution in [3.63, 3.8) is 0 Å². The summed E-state index contributed by atoms with van der Waals surface area (Å²) in [5, 5.41) is 2.25. The largest absolute Gasteiger partial charge is 0.462 e. The van der Waals surface area contributed by atoms with Crippen molar-refractivity contribution in [1.29, 1.82) is 0 Å². The Morgan fingerprint density at radius 3 is 2.19 bits per heavy atom. The standard InChI is InChI=1S/C19H15FN2O5/c20-15-8-4-3-7-14(15)17(24)21-11-16(23)27-10-9-22-18(25)12-5-1-2-6-13(12)19(22)26/h1-8H,9-11H2,(H,21,24). The zero-order valence-electron chi connectivity index (χ0n) is 14.1. The Balaban J connectivity index is 1.45. The van der Waals surface area contributed by atoms with Crippen molar-refractivity contribution in [2.45, 2.75) is 0 Å². The summed E-state index contributed by atoms with van der Waals surface area (Å²) in [5.74, 6) is -3.10. The van der Waals surface area contributed by atoms with Crippen molar-refractivity contribution in [2.75, 3.05) is 19.7 Å². The fourth-order valence-corrected chi connectivity index (χ4v) is 2.64. The van der Waals surface area contributed by atoms with Gasteiger partial charge in [-0.25, -0.2) is 4.39 Å². The molecule has 0 aliphatic carbocycles. The SMILES string of the molecule is O=C(CNC(=O)c1ccccc1F)OCCN1C(=O)c2ccccc2C1=O. The maximum Gasteiger partial charge on any atom is 0.325 e. The summed E-state index contributed by atoms with van der Waals surface area (Å²) in [4.78, 5) is 48.8. The van der Waals surface area contributed by atoms with E-state index in [0.717, 1.165) is 11.0 Å². The van der Waals surface area contributed by atoms with Gasteiger partial charge in [-0.15, -0.1) is 0 Å². The minimum absolute atomic E-state index is 0.0979. The highest BCUT2D eigenvalue weighted by Gasteiger charge is 2.34. The van der Waals surface area contributed by atoms with E-state index in [1.54, 1.807) is 24.3 Å². The number of benzene rings is 2. The molecule has 1 aliphatic heterocycles. The lowest BCUT2D eigenvalue weighted by Gasteiger charge is -2.14. The van der Waals surface area contributed by atoms with Gasteiger partial charge in [0.2, 0.25) is 0 Å². The van der Waals surface area contributed by atoms with Crippen LogP contribution in [0.25, 0.3) is 0 Å². The first-order valence-electron chi connectivity index (χ1n) is 8.12. The number of nitrogens with one attached hydrogen (secondary N) is 1. The van der Waals surface area contributed by atoms with Crippen LogP contribution in [0.3, 0.4) is 0 Å². The van der Waals surface area contributed by atoms with Gasteiger partial charge in [-0.1, -0.05) is 24.3 Å².